The highest BCUT2D eigenvalue weighted by atomic mass is 16.5. The Labute approximate surface area is 76.4 Å². The van der Waals surface area contributed by atoms with Crippen molar-refractivity contribution in [2.24, 2.45) is 11.7 Å². The highest BCUT2D eigenvalue weighted by Crippen LogP contribution is 1.96. The van der Waals surface area contributed by atoms with E-state index >= 15 is 0 Å². The summed E-state index contributed by atoms with van der Waals surface area (Å²) in [6, 6.07) is -0.633. The molecule has 0 saturated carbocycles. The van der Waals surface area contributed by atoms with Gasteiger partial charge in [0.1, 0.15) is 0 Å². The van der Waals surface area contributed by atoms with Crippen LogP contribution in [0.15, 0.2) is 0 Å². The second-order valence-corrected chi connectivity index (χ2v) is 3.02. The number of amides is 2. The first-order valence-electron chi connectivity index (χ1n) is 3.95. The van der Waals surface area contributed by atoms with Gasteiger partial charge < -0.3 is 11.1 Å². The molecule has 0 radical (unpaired) electrons. The first-order valence-corrected chi connectivity index (χ1v) is 3.95. The maximum absolute atomic E-state index is 11.1. The fourth-order valence-electron chi connectivity index (χ4n) is 0.628. The summed E-state index contributed by atoms with van der Waals surface area (Å²) in [4.78, 5) is 21.6. The Bertz CT molecular complexity index is 193. The van der Waals surface area contributed by atoms with Crippen molar-refractivity contribution in [3.8, 4) is 0 Å². The molecule has 5 N–H and O–H groups in total. The molecule has 0 heterocycles. The fourth-order valence-corrected chi connectivity index (χ4v) is 0.628. The van der Waals surface area contributed by atoms with E-state index in [1.807, 2.05) is 0 Å². The Morgan fingerprint density at radius 1 is 1.46 bits per heavy atom. The number of hydrogen-bond acceptors (Lipinski definition) is 4. The summed E-state index contributed by atoms with van der Waals surface area (Å²) in [5, 5.41) is 10.4. The number of carbonyl (C=O) groups is 2. The van der Waals surface area contributed by atoms with Gasteiger partial charge in [0.15, 0.2) is 0 Å². The molecule has 0 fully saturated rings. The minimum atomic E-state index is -0.677. The van der Waals surface area contributed by atoms with Crippen molar-refractivity contribution in [3.05, 3.63) is 0 Å². The molecule has 0 aromatic carbocycles. The third-order valence-electron chi connectivity index (χ3n) is 1.57. The first kappa shape index (κ1) is 11.9. The number of nitrogens with two attached hydrogens (primary N) is 1. The number of rotatable bonds is 4. The first-order chi connectivity index (χ1) is 5.99. The van der Waals surface area contributed by atoms with Crippen LogP contribution in [-0.4, -0.2) is 29.6 Å². The van der Waals surface area contributed by atoms with Crippen molar-refractivity contribution >= 4 is 11.8 Å². The average molecular weight is 189 g/mol. The topological polar surface area (TPSA) is 104 Å². The van der Waals surface area contributed by atoms with Crippen molar-refractivity contribution in [2.75, 3.05) is 6.54 Å². The molecular weight excluding hydrogens is 174 g/mol. The van der Waals surface area contributed by atoms with Crippen LogP contribution in [0, 0.1) is 5.92 Å². The molecule has 0 aromatic rings. The van der Waals surface area contributed by atoms with Gasteiger partial charge in [-0.3, -0.25) is 14.8 Å². The third kappa shape index (κ3) is 4.44. The third-order valence-corrected chi connectivity index (χ3v) is 1.57. The lowest BCUT2D eigenvalue weighted by atomic mass is 10.1. The van der Waals surface area contributed by atoms with Gasteiger partial charge in [-0.25, -0.2) is 5.48 Å². The number of nitrogens with one attached hydrogen (secondary N) is 2. The fraction of sp³-hybridized carbons (Fsp3) is 0.714. The maximum atomic E-state index is 11.1. The van der Waals surface area contributed by atoms with Crippen LogP contribution in [-0.2, 0) is 9.59 Å². The van der Waals surface area contributed by atoms with Gasteiger partial charge in [-0.1, -0.05) is 13.8 Å². The van der Waals surface area contributed by atoms with Gasteiger partial charge in [0.05, 0.1) is 12.6 Å². The highest BCUT2D eigenvalue weighted by Gasteiger charge is 2.17. The van der Waals surface area contributed by atoms with Gasteiger partial charge >= 0.3 is 0 Å². The predicted octanol–water partition coefficient (Wildman–Crippen LogP) is -1.41. The van der Waals surface area contributed by atoms with Crippen molar-refractivity contribution < 1.29 is 14.8 Å². The van der Waals surface area contributed by atoms with E-state index < -0.39 is 17.9 Å². The van der Waals surface area contributed by atoms with E-state index in [9.17, 15) is 9.59 Å². The molecule has 0 aliphatic heterocycles. The van der Waals surface area contributed by atoms with Gasteiger partial charge in [0.2, 0.25) is 5.91 Å². The van der Waals surface area contributed by atoms with Crippen LogP contribution in [0.1, 0.15) is 13.8 Å². The van der Waals surface area contributed by atoms with Gasteiger partial charge in [0, 0.05) is 0 Å². The van der Waals surface area contributed by atoms with Crippen molar-refractivity contribution in [1.82, 2.24) is 10.8 Å². The van der Waals surface area contributed by atoms with E-state index in [0.29, 0.717) is 0 Å². The largest absolute Gasteiger partial charge is 0.346 e. The number of hydroxylamine groups is 1. The quantitative estimate of drug-likeness (QED) is 0.322. The molecule has 13 heavy (non-hydrogen) atoms. The SMILES string of the molecule is CC(C)[C@H](N)C(=O)NCC(=O)NO. The normalized spacial score (nSPS) is 12.4. The van der Waals surface area contributed by atoms with Gasteiger partial charge in [-0.2, -0.15) is 0 Å². The van der Waals surface area contributed by atoms with E-state index in [1.165, 1.54) is 5.48 Å². The molecule has 0 aliphatic carbocycles. The zero-order valence-electron chi connectivity index (χ0n) is 7.70. The summed E-state index contributed by atoms with van der Waals surface area (Å²) >= 11 is 0. The van der Waals surface area contributed by atoms with Gasteiger partial charge in [-0.05, 0) is 5.92 Å². The second-order valence-electron chi connectivity index (χ2n) is 3.02. The van der Waals surface area contributed by atoms with Crippen molar-refractivity contribution in [3.63, 3.8) is 0 Å². The van der Waals surface area contributed by atoms with Crippen molar-refractivity contribution in [2.45, 2.75) is 19.9 Å². The molecule has 0 saturated heterocycles. The zero-order chi connectivity index (χ0) is 10.4. The molecule has 0 aliphatic rings. The van der Waals surface area contributed by atoms with E-state index in [2.05, 4.69) is 5.32 Å². The smallest absolute Gasteiger partial charge is 0.262 e. The van der Waals surface area contributed by atoms with Crippen molar-refractivity contribution in [1.29, 1.82) is 0 Å². The monoisotopic (exact) mass is 189 g/mol. The Morgan fingerprint density at radius 2 is 2.00 bits per heavy atom. The molecular formula is C7H15N3O3. The summed E-state index contributed by atoms with van der Waals surface area (Å²) in [6.07, 6.45) is 0. The number of hydrogen-bond donors (Lipinski definition) is 4. The molecule has 0 aromatic heterocycles. The molecule has 6 nitrogen and oxygen atoms in total. The molecule has 2 amide bonds. The van der Waals surface area contributed by atoms with Crippen LogP contribution in [0.4, 0.5) is 0 Å². The summed E-state index contributed by atoms with van der Waals surface area (Å²) in [7, 11) is 0. The average Bonchev–Trinajstić information content (AvgIpc) is 2.11. The minimum Gasteiger partial charge on any atom is -0.346 e. The lowest BCUT2D eigenvalue weighted by molar-refractivity contribution is -0.131. The van der Waals surface area contributed by atoms with Crippen LogP contribution in [0.25, 0.3) is 0 Å². The molecule has 1 atom stereocenters. The molecule has 76 valence electrons. The van der Waals surface area contributed by atoms with E-state index in [4.69, 9.17) is 10.9 Å². The molecule has 0 spiro atoms. The van der Waals surface area contributed by atoms with Gasteiger partial charge in [0.25, 0.3) is 5.91 Å². The van der Waals surface area contributed by atoms with E-state index in [0.717, 1.165) is 0 Å². The van der Waals surface area contributed by atoms with Crippen LogP contribution in [0.5, 0.6) is 0 Å². The molecule has 6 heteroatoms. The second kappa shape index (κ2) is 5.50. The lowest BCUT2D eigenvalue weighted by Gasteiger charge is -2.14. The predicted molar refractivity (Wildman–Crippen MR) is 45.8 cm³/mol. The van der Waals surface area contributed by atoms with Crippen LogP contribution in [0.3, 0.4) is 0 Å². The standard InChI is InChI=1S/C7H15N3O3/c1-4(2)6(8)7(12)9-3-5(11)10-13/h4,6,13H,3,8H2,1-2H3,(H,9,12)(H,10,11)/t6-/m0/s1. The molecule has 0 unspecified atom stereocenters. The maximum Gasteiger partial charge on any atom is 0.262 e. The van der Waals surface area contributed by atoms with E-state index in [1.54, 1.807) is 13.8 Å². The van der Waals surface area contributed by atoms with Crippen LogP contribution >= 0.6 is 0 Å². The summed E-state index contributed by atoms with van der Waals surface area (Å²) in [5.74, 6) is -1.07. The Morgan fingerprint density at radius 3 is 2.38 bits per heavy atom. The lowest BCUT2D eigenvalue weighted by Crippen LogP contribution is -2.46. The summed E-state index contributed by atoms with van der Waals surface area (Å²) in [6.45, 7) is 3.34. The highest BCUT2D eigenvalue weighted by molar-refractivity contribution is 5.86. The summed E-state index contributed by atoms with van der Waals surface area (Å²) in [5.41, 5.74) is 6.88. The van der Waals surface area contributed by atoms with Crippen LogP contribution in [0.2, 0.25) is 0 Å². The molecule has 0 bridgehead atoms. The minimum absolute atomic E-state index is 0.0113. The Kier molecular flexibility index (Phi) is 5.01. The molecule has 0 rings (SSSR count). The Balaban J connectivity index is 3.81. The Hall–Kier alpha value is -1.14. The van der Waals surface area contributed by atoms with Crippen LogP contribution < -0.4 is 16.5 Å². The number of carbonyl (C=O) groups excluding carboxylic acids is 2. The van der Waals surface area contributed by atoms with Gasteiger partial charge in [-0.15, -0.1) is 0 Å². The zero-order valence-corrected chi connectivity index (χ0v) is 7.70. The van der Waals surface area contributed by atoms with E-state index in [-0.39, 0.29) is 12.5 Å². The summed E-state index contributed by atoms with van der Waals surface area (Å²) < 4.78 is 0.